The van der Waals surface area contributed by atoms with Crippen molar-refractivity contribution in [3.05, 3.63) is 114 Å². The summed E-state index contributed by atoms with van der Waals surface area (Å²) in [6.07, 6.45) is 3.23. The minimum Gasteiger partial charge on any atom is -0.361 e. The molecule has 2 unspecified atom stereocenters. The molecule has 2 atom stereocenters. The molecule has 0 aromatic heterocycles. The first kappa shape index (κ1) is 14.9. The molecule has 3 aromatic carbocycles. The summed E-state index contributed by atoms with van der Waals surface area (Å²) in [7, 11) is 0. The topological polar surface area (TPSA) is 9.23 Å². The average Bonchev–Trinajstić information content (AvgIpc) is 2.70. The molecule has 4 rings (SSSR count). The molecule has 1 aliphatic heterocycles. The molecule has 0 N–H and O–H groups in total. The highest BCUT2D eigenvalue weighted by Crippen LogP contribution is 2.41. The van der Waals surface area contributed by atoms with Gasteiger partial charge in [0.15, 0.2) is 0 Å². The van der Waals surface area contributed by atoms with E-state index in [0.29, 0.717) is 0 Å². The fourth-order valence-electron chi connectivity index (χ4n) is 3.26. The Morgan fingerprint density at radius 1 is 0.625 bits per heavy atom. The molecule has 1 heterocycles. The van der Waals surface area contributed by atoms with Crippen LogP contribution in [-0.4, -0.2) is 0 Å². The summed E-state index contributed by atoms with van der Waals surface area (Å²) in [5, 5.41) is 0. The predicted octanol–water partition coefficient (Wildman–Crippen LogP) is 5.97. The fourth-order valence-corrected chi connectivity index (χ4v) is 3.26. The minimum absolute atomic E-state index is 0.0136. The molecule has 3 aromatic rings. The second kappa shape index (κ2) is 6.86. The Morgan fingerprint density at radius 3 is 1.79 bits per heavy atom. The molecule has 0 saturated heterocycles. The number of ether oxygens (including phenoxy) is 1. The van der Waals surface area contributed by atoms with Gasteiger partial charge in [0.05, 0.1) is 6.10 Å². The standard InChI is InChI=1S/C23H20O/c1-4-10-18(11-5-1)21-16-22(19-12-6-2-7-13-19)24-23(17-21)20-14-8-3-9-15-20/h1-16,22-23H,17H2. The van der Waals surface area contributed by atoms with Gasteiger partial charge in [-0.05, 0) is 28.3 Å². The van der Waals surface area contributed by atoms with Crippen molar-refractivity contribution in [3.8, 4) is 0 Å². The van der Waals surface area contributed by atoms with Gasteiger partial charge >= 0.3 is 0 Å². The second-order valence-electron chi connectivity index (χ2n) is 6.13. The van der Waals surface area contributed by atoms with Crippen LogP contribution < -0.4 is 0 Å². The van der Waals surface area contributed by atoms with Crippen LogP contribution in [0.15, 0.2) is 97.1 Å². The van der Waals surface area contributed by atoms with E-state index in [1.165, 1.54) is 22.3 Å². The molecule has 0 aliphatic carbocycles. The van der Waals surface area contributed by atoms with Crippen molar-refractivity contribution in [2.45, 2.75) is 18.6 Å². The van der Waals surface area contributed by atoms with Gasteiger partial charge in [0, 0.05) is 6.42 Å². The molecule has 1 heteroatoms. The van der Waals surface area contributed by atoms with E-state index in [0.717, 1.165) is 6.42 Å². The molecule has 0 amide bonds. The fraction of sp³-hybridized carbons (Fsp3) is 0.130. The molecular weight excluding hydrogens is 292 g/mol. The third-order valence-corrected chi connectivity index (χ3v) is 4.51. The van der Waals surface area contributed by atoms with E-state index in [1.54, 1.807) is 0 Å². The lowest BCUT2D eigenvalue weighted by Crippen LogP contribution is -2.15. The smallest absolute Gasteiger partial charge is 0.102 e. The highest BCUT2D eigenvalue weighted by atomic mass is 16.5. The highest BCUT2D eigenvalue weighted by molar-refractivity contribution is 5.67. The lowest BCUT2D eigenvalue weighted by molar-refractivity contribution is 0.00648. The molecule has 0 saturated carbocycles. The van der Waals surface area contributed by atoms with Gasteiger partial charge in [-0.1, -0.05) is 91.0 Å². The zero-order chi connectivity index (χ0) is 16.2. The van der Waals surface area contributed by atoms with Gasteiger partial charge in [-0.3, -0.25) is 0 Å². The maximum atomic E-state index is 6.43. The Bertz CT molecular complexity index is 806. The molecule has 1 aliphatic rings. The lowest BCUT2D eigenvalue weighted by Gasteiger charge is -2.30. The van der Waals surface area contributed by atoms with Gasteiger partial charge in [-0.15, -0.1) is 0 Å². The number of hydrogen-bond donors (Lipinski definition) is 0. The van der Waals surface area contributed by atoms with Crippen molar-refractivity contribution >= 4 is 5.57 Å². The number of benzene rings is 3. The van der Waals surface area contributed by atoms with Gasteiger partial charge in [-0.2, -0.15) is 0 Å². The van der Waals surface area contributed by atoms with Gasteiger partial charge in [-0.25, -0.2) is 0 Å². The van der Waals surface area contributed by atoms with Crippen LogP contribution in [0.1, 0.15) is 35.3 Å². The Hall–Kier alpha value is -2.64. The van der Waals surface area contributed by atoms with Crippen LogP contribution in [0.25, 0.3) is 5.57 Å². The second-order valence-corrected chi connectivity index (χ2v) is 6.13. The molecule has 0 spiro atoms. The average molecular weight is 312 g/mol. The van der Waals surface area contributed by atoms with Crippen molar-refractivity contribution in [2.24, 2.45) is 0 Å². The van der Waals surface area contributed by atoms with Crippen molar-refractivity contribution in [1.82, 2.24) is 0 Å². The van der Waals surface area contributed by atoms with E-state index in [1.807, 2.05) is 6.07 Å². The molecule has 118 valence electrons. The summed E-state index contributed by atoms with van der Waals surface area (Å²) in [6.45, 7) is 0. The molecule has 24 heavy (non-hydrogen) atoms. The van der Waals surface area contributed by atoms with Crippen molar-refractivity contribution < 1.29 is 4.74 Å². The maximum absolute atomic E-state index is 6.43. The van der Waals surface area contributed by atoms with Gasteiger partial charge in [0.25, 0.3) is 0 Å². The highest BCUT2D eigenvalue weighted by Gasteiger charge is 2.25. The van der Waals surface area contributed by atoms with Crippen LogP contribution >= 0.6 is 0 Å². The van der Waals surface area contributed by atoms with Crippen LogP contribution in [0.3, 0.4) is 0 Å². The van der Waals surface area contributed by atoms with Crippen molar-refractivity contribution in [3.63, 3.8) is 0 Å². The molecule has 0 fully saturated rings. The van der Waals surface area contributed by atoms with Crippen molar-refractivity contribution in [1.29, 1.82) is 0 Å². The Labute approximate surface area is 143 Å². The normalized spacial score (nSPS) is 20.4. The van der Waals surface area contributed by atoms with Crippen molar-refractivity contribution in [2.75, 3.05) is 0 Å². The van der Waals surface area contributed by atoms with Crippen LogP contribution in [0, 0.1) is 0 Å². The summed E-state index contributed by atoms with van der Waals surface area (Å²) >= 11 is 0. The van der Waals surface area contributed by atoms with Crippen LogP contribution in [0.5, 0.6) is 0 Å². The number of hydrogen-bond acceptors (Lipinski definition) is 1. The first-order valence-corrected chi connectivity index (χ1v) is 8.41. The quantitative estimate of drug-likeness (QED) is 0.578. The summed E-state index contributed by atoms with van der Waals surface area (Å²) < 4.78 is 6.43. The van der Waals surface area contributed by atoms with E-state index < -0.39 is 0 Å². The third kappa shape index (κ3) is 3.17. The molecular formula is C23H20O. The minimum atomic E-state index is -0.0136. The summed E-state index contributed by atoms with van der Waals surface area (Å²) in [5.41, 5.74) is 5.07. The number of rotatable bonds is 3. The monoisotopic (exact) mass is 312 g/mol. The van der Waals surface area contributed by atoms with E-state index in [9.17, 15) is 0 Å². The SMILES string of the molecule is C1=C(c2ccccc2)CC(c2ccccc2)OC1c1ccccc1. The first-order valence-electron chi connectivity index (χ1n) is 8.41. The summed E-state index contributed by atoms with van der Waals surface area (Å²) in [6, 6.07) is 31.6. The zero-order valence-electron chi connectivity index (χ0n) is 13.5. The Balaban J connectivity index is 1.73. The van der Waals surface area contributed by atoms with E-state index in [-0.39, 0.29) is 12.2 Å². The lowest BCUT2D eigenvalue weighted by atomic mass is 9.91. The van der Waals surface area contributed by atoms with Gasteiger partial charge in [0.2, 0.25) is 0 Å². The molecule has 0 bridgehead atoms. The molecule has 0 radical (unpaired) electrons. The zero-order valence-corrected chi connectivity index (χ0v) is 13.5. The Kier molecular flexibility index (Phi) is 4.26. The largest absolute Gasteiger partial charge is 0.361 e. The predicted molar refractivity (Wildman–Crippen MR) is 98.5 cm³/mol. The Morgan fingerprint density at radius 2 is 1.17 bits per heavy atom. The van der Waals surface area contributed by atoms with E-state index in [2.05, 4.69) is 91.0 Å². The van der Waals surface area contributed by atoms with Crippen LogP contribution in [0.2, 0.25) is 0 Å². The van der Waals surface area contributed by atoms with E-state index >= 15 is 0 Å². The summed E-state index contributed by atoms with van der Waals surface area (Å²) in [5.74, 6) is 0. The van der Waals surface area contributed by atoms with Gasteiger partial charge < -0.3 is 4.74 Å². The molecule has 1 nitrogen and oxygen atoms in total. The maximum Gasteiger partial charge on any atom is 0.102 e. The van der Waals surface area contributed by atoms with Crippen LogP contribution in [0.4, 0.5) is 0 Å². The van der Waals surface area contributed by atoms with Gasteiger partial charge in [0.1, 0.15) is 6.10 Å². The van der Waals surface area contributed by atoms with E-state index in [4.69, 9.17) is 4.74 Å². The summed E-state index contributed by atoms with van der Waals surface area (Å²) in [4.78, 5) is 0. The van der Waals surface area contributed by atoms with Crippen LogP contribution in [-0.2, 0) is 4.74 Å². The first-order chi connectivity index (χ1) is 11.9. The third-order valence-electron chi connectivity index (χ3n) is 4.51.